The summed E-state index contributed by atoms with van der Waals surface area (Å²) in [4.78, 5) is 8.37. The molecule has 0 spiro atoms. The number of anilines is 1. The lowest BCUT2D eigenvalue weighted by Crippen LogP contribution is -2.23. The van der Waals surface area contributed by atoms with E-state index in [0.717, 1.165) is 25.2 Å². The van der Waals surface area contributed by atoms with Crippen molar-refractivity contribution in [2.75, 3.05) is 18.4 Å². The normalized spacial score (nSPS) is 21.1. The number of hydrogen-bond donors (Lipinski definition) is 2. The van der Waals surface area contributed by atoms with Gasteiger partial charge >= 0.3 is 0 Å². The molecule has 1 aromatic rings. The summed E-state index contributed by atoms with van der Waals surface area (Å²) in [5, 5.41) is 7.15. The van der Waals surface area contributed by atoms with Gasteiger partial charge in [-0.3, -0.25) is 0 Å². The second-order valence-corrected chi connectivity index (χ2v) is 3.87. The molecule has 0 aromatic carbocycles. The van der Waals surface area contributed by atoms with Gasteiger partial charge in [0.05, 0.1) is 16.9 Å². The molecule has 1 aliphatic rings. The zero-order valence-electron chi connectivity index (χ0n) is 8.05. The third-order valence-corrected chi connectivity index (χ3v) is 2.68. The molecule has 2 rings (SSSR count). The van der Waals surface area contributed by atoms with Crippen molar-refractivity contribution in [3.05, 3.63) is 16.9 Å². The topological polar surface area (TPSA) is 49.8 Å². The molecule has 0 bridgehead atoms. The largest absolute Gasteiger partial charge is 0.350 e. The fraction of sp³-hybridized carbons (Fsp3) is 0.556. The van der Waals surface area contributed by atoms with Gasteiger partial charge in [-0.15, -0.1) is 0 Å². The van der Waals surface area contributed by atoms with Gasteiger partial charge in [-0.25, -0.2) is 9.97 Å². The van der Waals surface area contributed by atoms with Crippen molar-refractivity contribution < 1.29 is 0 Å². The highest BCUT2D eigenvalue weighted by molar-refractivity contribution is 6.31. The number of rotatable bonds is 2. The second kappa shape index (κ2) is 4.11. The number of halogens is 1. The van der Waals surface area contributed by atoms with Gasteiger partial charge in [-0.2, -0.15) is 0 Å². The molecule has 1 aromatic heterocycles. The summed E-state index contributed by atoms with van der Waals surface area (Å²) in [5.74, 6) is 0.667. The average Bonchev–Trinajstić information content (AvgIpc) is 2.64. The van der Waals surface area contributed by atoms with Crippen LogP contribution in [-0.2, 0) is 0 Å². The molecule has 0 radical (unpaired) electrons. The smallest absolute Gasteiger partial charge is 0.223 e. The van der Waals surface area contributed by atoms with E-state index in [0.29, 0.717) is 17.0 Å². The molecule has 0 saturated carbocycles. The van der Waals surface area contributed by atoms with E-state index in [2.05, 4.69) is 20.6 Å². The molecule has 1 aliphatic heterocycles. The summed E-state index contributed by atoms with van der Waals surface area (Å²) in [7, 11) is 0. The van der Waals surface area contributed by atoms with Gasteiger partial charge in [0.25, 0.3) is 0 Å². The standard InChI is InChI=1S/C9H13ClN4/c1-6-8(10)5-12-9(13-6)14-7-2-3-11-4-7/h5,7,11H,2-4H2,1H3,(H,12,13,14)/t7-/m1/s1. The Bertz CT molecular complexity index is 323. The second-order valence-electron chi connectivity index (χ2n) is 3.46. The Morgan fingerprint density at radius 3 is 3.14 bits per heavy atom. The minimum Gasteiger partial charge on any atom is -0.350 e. The van der Waals surface area contributed by atoms with Gasteiger partial charge in [0, 0.05) is 12.6 Å². The Morgan fingerprint density at radius 2 is 2.50 bits per heavy atom. The summed E-state index contributed by atoms with van der Waals surface area (Å²) in [6.07, 6.45) is 2.75. The Labute approximate surface area is 88.1 Å². The van der Waals surface area contributed by atoms with E-state index >= 15 is 0 Å². The number of nitrogens with one attached hydrogen (secondary N) is 2. The van der Waals surface area contributed by atoms with Crippen LogP contribution < -0.4 is 10.6 Å². The molecule has 0 aliphatic carbocycles. The number of nitrogens with zero attached hydrogens (tertiary/aromatic N) is 2. The highest BCUT2D eigenvalue weighted by Crippen LogP contribution is 2.13. The van der Waals surface area contributed by atoms with Crippen LogP contribution in [0.25, 0.3) is 0 Å². The number of aromatic nitrogens is 2. The maximum absolute atomic E-state index is 5.83. The third-order valence-electron chi connectivity index (χ3n) is 2.31. The lowest BCUT2D eigenvalue weighted by molar-refractivity contribution is 0.779. The quantitative estimate of drug-likeness (QED) is 0.774. The van der Waals surface area contributed by atoms with Crippen LogP contribution in [0.5, 0.6) is 0 Å². The Balaban J connectivity index is 2.05. The molecule has 76 valence electrons. The first-order valence-electron chi connectivity index (χ1n) is 4.72. The minimum absolute atomic E-state index is 0.440. The summed E-state index contributed by atoms with van der Waals surface area (Å²) in [6, 6.07) is 0.440. The molecule has 0 unspecified atom stereocenters. The van der Waals surface area contributed by atoms with E-state index in [1.165, 1.54) is 0 Å². The fourth-order valence-electron chi connectivity index (χ4n) is 1.48. The van der Waals surface area contributed by atoms with Crippen LogP contribution in [0, 0.1) is 6.92 Å². The van der Waals surface area contributed by atoms with Crippen molar-refractivity contribution in [2.45, 2.75) is 19.4 Å². The zero-order valence-corrected chi connectivity index (χ0v) is 8.80. The predicted molar refractivity (Wildman–Crippen MR) is 56.7 cm³/mol. The van der Waals surface area contributed by atoms with Crippen molar-refractivity contribution in [1.82, 2.24) is 15.3 Å². The summed E-state index contributed by atoms with van der Waals surface area (Å²) >= 11 is 5.83. The van der Waals surface area contributed by atoms with Crippen LogP contribution >= 0.6 is 11.6 Å². The maximum Gasteiger partial charge on any atom is 0.223 e. The van der Waals surface area contributed by atoms with Gasteiger partial charge in [-0.1, -0.05) is 11.6 Å². The average molecular weight is 213 g/mol. The van der Waals surface area contributed by atoms with Crippen LogP contribution in [0.15, 0.2) is 6.20 Å². The molecular weight excluding hydrogens is 200 g/mol. The van der Waals surface area contributed by atoms with Crippen LogP contribution in [-0.4, -0.2) is 29.1 Å². The minimum atomic E-state index is 0.440. The molecule has 0 amide bonds. The Kier molecular flexibility index (Phi) is 2.84. The lowest BCUT2D eigenvalue weighted by atomic mass is 10.3. The van der Waals surface area contributed by atoms with Gasteiger partial charge in [-0.05, 0) is 19.9 Å². The molecule has 14 heavy (non-hydrogen) atoms. The molecule has 2 heterocycles. The van der Waals surface area contributed by atoms with Crippen molar-refractivity contribution in [2.24, 2.45) is 0 Å². The molecule has 4 nitrogen and oxygen atoms in total. The van der Waals surface area contributed by atoms with Crippen molar-refractivity contribution in [3.63, 3.8) is 0 Å². The van der Waals surface area contributed by atoms with Gasteiger partial charge in [0.1, 0.15) is 0 Å². The predicted octanol–water partition coefficient (Wildman–Crippen LogP) is 1.21. The molecule has 5 heteroatoms. The van der Waals surface area contributed by atoms with Crippen LogP contribution in [0.1, 0.15) is 12.1 Å². The summed E-state index contributed by atoms with van der Waals surface area (Å²) in [6.45, 7) is 3.91. The van der Waals surface area contributed by atoms with Crippen molar-refractivity contribution in [3.8, 4) is 0 Å². The third kappa shape index (κ3) is 2.13. The highest BCUT2D eigenvalue weighted by atomic mass is 35.5. The Hall–Kier alpha value is -0.870. The van der Waals surface area contributed by atoms with Gasteiger partial charge in [0.15, 0.2) is 0 Å². The fourth-order valence-corrected chi connectivity index (χ4v) is 1.57. The van der Waals surface area contributed by atoms with Crippen molar-refractivity contribution >= 4 is 17.5 Å². The first-order valence-corrected chi connectivity index (χ1v) is 5.10. The van der Waals surface area contributed by atoms with E-state index in [-0.39, 0.29) is 0 Å². The lowest BCUT2D eigenvalue weighted by Gasteiger charge is -2.11. The molecule has 1 fully saturated rings. The Morgan fingerprint density at radius 1 is 1.64 bits per heavy atom. The zero-order chi connectivity index (χ0) is 9.97. The van der Waals surface area contributed by atoms with Crippen LogP contribution in [0.2, 0.25) is 5.02 Å². The highest BCUT2D eigenvalue weighted by Gasteiger charge is 2.14. The van der Waals surface area contributed by atoms with Crippen molar-refractivity contribution in [1.29, 1.82) is 0 Å². The molecular formula is C9H13ClN4. The van der Waals surface area contributed by atoms with E-state index in [1.807, 2.05) is 6.92 Å². The number of aryl methyl sites for hydroxylation is 1. The van der Waals surface area contributed by atoms with E-state index in [1.54, 1.807) is 6.20 Å². The summed E-state index contributed by atoms with van der Waals surface area (Å²) < 4.78 is 0. The first-order chi connectivity index (χ1) is 6.75. The molecule has 1 atom stereocenters. The summed E-state index contributed by atoms with van der Waals surface area (Å²) in [5.41, 5.74) is 0.815. The SMILES string of the molecule is Cc1nc(N[C@@H]2CCNC2)ncc1Cl. The molecule has 1 saturated heterocycles. The monoisotopic (exact) mass is 212 g/mol. The van der Waals surface area contributed by atoms with E-state index in [4.69, 9.17) is 11.6 Å². The molecule has 2 N–H and O–H groups in total. The van der Waals surface area contributed by atoms with E-state index < -0.39 is 0 Å². The number of hydrogen-bond acceptors (Lipinski definition) is 4. The van der Waals surface area contributed by atoms with Gasteiger partial charge in [0.2, 0.25) is 5.95 Å². The van der Waals surface area contributed by atoms with E-state index in [9.17, 15) is 0 Å². The maximum atomic E-state index is 5.83. The first kappa shape index (κ1) is 9.68. The van der Waals surface area contributed by atoms with Gasteiger partial charge < -0.3 is 10.6 Å². The van der Waals surface area contributed by atoms with Crippen LogP contribution in [0.3, 0.4) is 0 Å². The van der Waals surface area contributed by atoms with Crippen LogP contribution in [0.4, 0.5) is 5.95 Å².